The molecule has 0 fully saturated rings. The van der Waals surface area contributed by atoms with Gasteiger partial charge in [-0.3, -0.25) is 0 Å². The van der Waals surface area contributed by atoms with Crippen molar-refractivity contribution >= 4 is 5.97 Å². The lowest BCUT2D eigenvalue weighted by atomic mass is 9.71. The van der Waals surface area contributed by atoms with E-state index in [4.69, 9.17) is 0 Å². The molecule has 116 valence electrons. The molecule has 4 heteroatoms. The highest BCUT2D eigenvalue weighted by atomic mass is 16.4. The van der Waals surface area contributed by atoms with Crippen molar-refractivity contribution in [3.63, 3.8) is 0 Å². The monoisotopic (exact) mass is 298 g/mol. The first kappa shape index (κ1) is 14.8. The van der Waals surface area contributed by atoms with Crippen molar-refractivity contribution in [1.82, 2.24) is 9.78 Å². The van der Waals surface area contributed by atoms with Crippen molar-refractivity contribution < 1.29 is 9.90 Å². The number of benzene rings is 1. The Labute approximate surface area is 130 Å². The van der Waals surface area contributed by atoms with E-state index < -0.39 is 5.97 Å². The van der Waals surface area contributed by atoms with E-state index in [1.54, 1.807) is 0 Å². The first-order valence-electron chi connectivity index (χ1n) is 7.77. The van der Waals surface area contributed by atoms with Crippen LogP contribution in [0.15, 0.2) is 30.3 Å². The van der Waals surface area contributed by atoms with Crippen LogP contribution < -0.4 is 0 Å². The zero-order valence-electron chi connectivity index (χ0n) is 13.3. The summed E-state index contributed by atoms with van der Waals surface area (Å²) in [7, 11) is 0. The maximum atomic E-state index is 11.6. The molecular weight excluding hydrogens is 276 g/mol. The lowest BCUT2D eigenvalue weighted by Crippen LogP contribution is -2.27. The standard InChI is InChI=1S/C18H22N2O2/c1-18(2,3)12-9-10-15-14(11-12)16(17(21)22)19-20(15)13-7-5-4-6-8-13/h4-8,12H,9-11H2,1-3H3,(H,21,22). The Kier molecular flexibility index (Phi) is 3.55. The molecule has 3 rings (SSSR count). The molecule has 1 aliphatic rings. The molecule has 0 amide bonds. The summed E-state index contributed by atoms with van der Waals surface area (Å²) < 4.78 is 1.82. The van der Waals surface area contributed by atoms with Gasteiger partial charge in [0, 0.05) is 11.3 Å². The minimum absolute atomic E-state index is 0.183. The lowest BCUT2D eigenvalue weighted by Gasteiger charge is -2.34. The molecule has 0 aliphatic heterocycles. The molecule has 0 saturated heterocycles. The molecule has 1 aliphatic carbocycles. The van der Waals surface area contributed by atoms with Crippen molar-refractivity contribution in [3.05, 3.63) is 47.3 Å². The Hall–Kier alpha value is -2.10. The number of hydrogen-bond acceptors (Lipinski definition) is 2. The number of rotatable bonds is 2. The smallest absolute Gasteiger partial charge is 0.356 e. The molecule has 0 bridgehead atoms. The van der Waals surface area contributed by atoms with Crippen molar-refractivity contribution in [1.29, 1.82) is 0 Å². The Morgan fingerprint density at radius 3 is 2.55 bits per heavy atom. The number of carboxylic acids is 1. The maximum Gasteiger partial charge on any atom is 0.356 e. The van der Waals surface area contributed by atoms with Gasteiger partial charge in [-0.1, -0.05) is 39.0 Å². The second kappa shape index (κ2) is 5.27. The first-order chi connectivity index (χ1) is 10.4. The summed E-state index contributed by atoms with van der Waals surface area (Å²) in [5.41, 5.74) is 3.31. The van der Waals surface area contributed by atoms with E-state index in [0.29, 0.717) is 5.92 Å². The Morgan fingerprint density at radius 1 is 1.27 bits per heavy atom. The summed E-state index contributed by atoms with van der Waals surface area (Å²) in [6.45, 7) is 6.68. The highest BCUT2D eigenvalue weighted by Crippen LogP contribution is 2.39. The van der Waals surface area contributed by atoms with Crippen LogP contribution in [0, 0.1) is 11.3 Å². The van der Waals surface area contributed by atoms with E-state index in [2.05, 4.69) is 25.9 Å². The molecule has 0 spiro atoms. The van der Waals surface area contributed by atoms with Gasteiger partial charge in [0.1, 0.15) is 0 Å². The zero-order valence-corrected chi connectivity index (χ0v) is 13.3. The second-order valence-corrected chi connectivity index (χ2v) is 7.13. The molecule has 1 aromatic carbocycles. The van der Waals surface area contributed by atoms with Gasteiger partial charge in [0.2, 0.25) is 0 Å². The van der Waals surface area contributed by atoms with Gasteiger partial charge >= 0.3 is 5.97 Å². The predicted octanol–water partition coefficient (Wildman–Crippen LogP) is 3.72. The van der Waals surface area contributed by atoms with Crippen LogP contribution in [0.4, 0.5) is 0 Å². The fourth-order valence-corrected chi connectivity index (χ4v) is 3.31. The topological polar surface area (TPSA) is 55.1 Å². The van der Waals surface area contributed by atoms with Crippen molar-refractivity contribution in [2.24, 2.45) is 11.3 Å². The van der Waals surface area contributed by atoms with Crippen molar-refractivity contribution in [3.8, 4) is 5.69 Å². The van der Waals surface area contributed by atoms with Crippen LogP contribution in [-0.2, 0) is 12.8 Å². The summed E-state index contributed by atoms with van der Waals surface area (Å²) in [5, 5.41) is 13.9. The Morgan fingerprint density at radius 2 is 1.95 bits per heavy atom. The molecule has 0 radical (unpaired) electrons. The van der Waals surface area contributed by atoms with Crippen LogP contribution in [0.5, 0.6) is 0 Å². The minimum Gasteiger partial charge on any atom is -0.476 e. The molecule has 1 heterocycles. The van der Waals surface area contributed by atoms with E-state index >= 15 is 0 Å². The number of carboxylic acid groups (broad SMARTS) is 1. The summed E-state index contributed by atoms with van der Waals surface area (Å²) >= 11 is 0. The van der Waals surface area contributed by atoms with E-state index in [0.717, 1.165) is 36.2 Å². The number of carbonyl (C=O) groups is 1. The summed E-state index contributed by atoms with van der Waals surface area (Å²) in [4.78, 5) is 11.6. The third-order valence-electron chi connectivity index (χ3n) is 4.70. The van der Waals surface area contributed by atoms with Crippen molar-refractivity contribution in [2.45, 2.75) is 40.0 Å². The average Bonchev–Trinajstić information content (AvgIpc) is 2.86. The van der Waals surface area contributed by atoms with Gasteiger partial charge in [-0.2, -0.15) is 5.10 Å². The van der Waals surface area contributed by atoms with Gasteiger partial charge in [0.05, 0.1) is 5.69 Å². The second-order valence-electron chi connectivity index (χ2n) is 7.13. The number of aromatic nitrogens is 2. The predicted molar refractivity (Wildman–Crippen MR) is 85.5 cm³/mol. The first-order valence-corrected chi connectivity index (χ1v) is 7.77. The number of aromatic carboxylic acids is 1. The third kappa shape index (κ3) is 2.54. The number of nitrogens with zero attached hydrogens (tertiary/aromatic N) is 2. The van der Waals surface area contributed by atoms with Gasteiger partial charge in [-0.15, -0.1) is 0 Å². The van der Waals surface area contributed by atoms with Gasteiger partial charge in [0.25, 0.3) is 0 Å². The number of fused-ring (bicyclic) bond motifs is 1. The van der Waals surface area contributed by atoms with E-state index in [-0.39, 0.29) is 11.1 Å². The highest BCUT2D eigenvalue weighted by molar-refractivity contribution is 5.87. The quantitative estimate of drug-likeness (QED) is 0.919. The van der Waals surface area contributed by atoms with Crippen LogP contribution in [0.3, 0.4) is 0 Å². The van der Waals surface area contributed by atoms with Crippen LogP contribution in [0.1, 0.15) is 48.9 Å². The average molecular weight is 298 g/mol. The molecular formula is C18H22N2O2. The normalized spacial score (nSPS) is 18.0. The highest BCUT2D eigenvalue weighted by Gasteiger charge is 2.34. The summed E-state index contributed by atoms with van der Waals surface area (Å²) in [6, 6.07) is 9.78. The Bertz CT molecular complexity index is 696. The fraction of sp³-hybridized carbons (Fsp3) is 0.444. The van der Waals surface area contributed by atoms with Gasteiger partial charge in [0.15, 0.2) is 5.69 Å². The molecule has 0 saturated carbocycles. The molecule has 1 aromatic heterocycles. The third-order valence-corrected chi connectivity index (χ3v) is 4.70. The molecule has 2 aromatic rings. The molecule has 22 heavy (non-hydrogen) atoms. The molecule has 1 atom stereocenters. The molecule has 1 unspecified atom stereocenters. The zero-order chi connectivity index (χ0) is 15.9. The fourth-order valence-electron chi connectivity index (χ4n) is 3.31. The van der Waals surface area contributed by atoms with Crippen LogP contribution in [-0.4, -0.2) is 20.9 Å². The SMILES string of the molecule is CC(C)(C)C1CCc2c(c(C(=O)O)nn2-c2ccccc2)C1. The maximum absolute atomic E-state index is 11.6. The van der Waals surface area contributed by atoms with E-state index in [1.165, 1.54) is 0 Å². The molecule has 4 nitrogen and oxygen atoms in total. The van der Waals surface area contributed by atoms with E-state index in [1.807, 2.05) is 35.0 Å². The van der Waals surface area contributed by atoms with Gasteiger partial charge < -0.3 is 5.11 Å². The summed E-state index contributed by atoms with van der Waals surface area (Å²) in [6.07, 6.45) is 2.76. The minimum atomic E-state index is -0.930. The van der Waals surface area contributed by atoms with Crippen LogP contribution in [0.25, 0.3) is 5.69 Å². The van der Waals surface area contributed by atoms with Gasteiger partial charge in [-0.05, 0) is 42.7 Å². The van der Waals surface area contributed by atoms with E-state index in [9.17, 15) is 9.90 Å². The number of para-hydroxylation sites is 1. The number of hydrogen-bond donors (Lipinski definition) is 1. The van der Waals surface area contributed by atoms with Gasteiger partial charge in [-0.25, -0.2) is 9.48 Å². The Balaban J connectivity index is 2.09. The van der Waals surface area contributed by atoms with Crippen LogP contribution in [0.2, 0.25) is 0 Å². The largest absolute Gasteiger partial charge is 0.476 e. The van der Waals surface area contributed by atoms with Crippen molar-refractivity contribution in [2.75, 3.05) is 0 Å². The summed E-state index contributed by atoms with van der Waals surface area (Å²) in [5.74, 6) is -0.438. The van der Waals surface area contributed by atoms with Crippen LogP contribution >= 0.6 is 0 Å². The lowest BCUT2D eigenvalue weighted by molar-refractivity contribution is 0.0687. The molecule has 1 N–H and O–H groups in total.